The molecule has 0 aliphatic carbocycles. The van der Waals surface area contributed by atoms with Crippen molar-refractivity contribution in [1.29, 1.82) is 0 Å². The highest BCUT2D eigenvalue weighted by Gasteiger charge is 2.23. The molecule has 0 aliphatic heterocycles. The van der Waals surface area contributed by atoms with Crippen molar-refractivity contribution >= 4 is 46.1 Å². The van der Waals surface area contributed by atoms with E-state index < -0.39 is 17.9 Å². The van der Waals surface area contributed by atoms with Gasteiger partial charge in [0.15, 0.2) is 0 Å². The molecule has 0 bridgehead atoms. The summed E-state index contributed by atoms with van der Waals surface area (Å²) in [7, 11) is 0. The number of nitrogens with one attached hydrogen (secondary N) is 2. The van der Waals surface area contributed by atoms with Crippen molar-refractivity contribution in [2.45, 2.75) is 19.4 Å². The van der Waals surface area contributed by atoms with Gasteiger partial charge in [0.1, 0.15) is 6.04 Å². The Kier molecular flexibility index (Phi) is 6.51. The highest BCUT2D eigenvalue weighted by atomic mass is 127. The minimum absolute atomic E-state index is 0.169. The Labute approximate surface area is 158 Å². The van der Waals surface area contributed by atoms with Crippen molar-refractivity contribution in [2.24, 2.45) is 0 Å². The summed E-state index contributed by atoms with van der Waals surface area (Å²) in [6, 6.07) is 12.8. The summed E-state index contributed by atoms with van der Waals surface area (Å²) in [6.07, 6.45) is 0.169. The van der Waals surface area contributed by atoms with Gasteiger partial charge >= 0.3 is 5.97 Å². The molecule has 0 radical (unpaired) electrons. The van der Waals surface area contributed by atoms with Crippen LogP contribution in [0.3, 0.4) is 0 Å². The number of carboxylic acids is 1. The summed E-state index contributed by atoms with van der Waals surface area (Å²) < 4.78 is 0.930. The van der Waals surface area contributed by atoms with E-state index in [4.69, 9.17) is 0 Å². The second-order valence-electron chi connectivity index (χ2n) is 5.39. The number of carboxylic acid groups (broad SMARTS) is 1. The number of hydrogen-bond donors (Lipinski definition) is 3. The predicted octanol–water partition coefficient (Wildman–Crippen LogP) is 2.68. The maximum atomic E-state index is 12.5. The monoisotopic (exact) mass is 452 g/mol. The van der Waals surface area contributed by atoms with E-state index in [2.05, 4.69) is 33.2 Å². The van der Waals surface area contributed by atoms with Gasteiger partial charge in [0.05, 0.1) is 11.3 Å². The number of aliphatic carboxylic acids is 1. The summed E-state index contributed by atoms with van der Waals surface area (Å²) >= 11 is 2.13. The van der Waals surface area contributed by atoms with Gasteiger partial charge < -0.3 is 15.7 Å². The van der Waals surface area contributed by atoms with Crippen LogP contribution in [0, 0.1) is 3.57 Å². The maximum Gasteiger partial charge on any atom is 0.326 e. The van der Waals surface area contributed by atoms with Crippen LogP contribution < -0.4 is 10.6 Å². The van der Waals surface area contributed by atoms with Gasteiger partial charge in [0, 0.05) is 16.9 Å². The molecule has 0 spiro atoms. The minimum atomic E-state index is -1.12. The topological polar surface area (TPSA) is 95.5 Å². The largest absolute Gasteiger partial charge is 0.480 e. The number of anilines is 1. The third kappa shape index (κ3) is 5.28. The lowest BCUT2D eigenvalue weighted by molar-refractivity contribution is -0.139. The van der Waals surface area contributed by atoms with E-state index >= 15 is 0 Å². The van der Waals surface area contributed by atoms with Crippen LogP contribution in [0.2, 0.25) is 0 Å². The van der Waals surface area contributed by atoms with E-state index in [-0.39, 0.29) is 17.9 Å². The molecule has 0 saturated carbocycles. The molecule has 2 aromatic rings. The molecule has 0 fully saturated rings. The lowest BCUT2D eigenvalue weighted by Gasteiger charge is -2.17. The van der Waals surface area contributed by atoms with Gasteiger partial charge in [-0.3, -0.25) is 9.59 Å². The van der Waals surface area contributed by atoms with Crippen LogP contribution in [0.25, 0.3) is 0 Å². The van der Waals surface area contributed by atoms with Crippen LogP contribution in [0.1, 0.15) is 22.8 Å². The Morgan fingerprint density at radius 1 is 1.08 bits per heavy atom. The fourth-order valence-electron chi connectivity index (χ4n) is 2.30. The van der Waals surface area contributed by atoms with Crippen LogP contribution >= 0.6 is 22.6 Å². The van der Waals surface area contributed by atoms with Crippen LogP contribution in [0.4, 0.5) is 5.69 Å². The zero-order valence-electron chi connectivity index (χ0n) is 13.5. The summed E-state index contributed by atoms with van der Waals surface area (Å²) in [5.74, 6) is -1.98. The van der Waals surface area contributed by atoms with Crippen LogP contribution in [0.15, 0.2) is 48.5 Å². The number of benzene rings is 2. The molecule has 3 N–H and O–H groups in total. The van der Waals surface area contributed by atoms with E-state index in [1.54, 1.807) is 18.2 Å². The van der Waals surface area contributed by atoms with Gasteiger partial charge in [-0.1, -0.05) is 30.3 Å². The second-order valence-corrected chi connectivity index (χ2v) is 6.55. The lowest BCUT2D eigenvalue weighted by atomic mass is 10.1. The molecule has 0 heterocycles. The van der Waals surface area contributed by atoms with E-state index in [1.165, 1.54) is 13.0 Å². The molecule has 2 aromatic carbocycles. The highest BCUT2D eigenvalue weighted by Crippen LogP contribution is 2.17. The molecule has 2 amide bonds. The molecule has 1 atom stereocenters. The molecule has 0 aromatic heterocycles. The number of rotatable bonds is 6. The first-order chi connectivity index (χ1) is 11.9. The number of carbonyl (C=O) groups is 3. The fraction of sp³-hybridized carbons (Fsp3) is 0.167. The number of para-hydroxylation sites is 1. The number of hydrogen-bond acceptors (Lipinski definition) is 3. The quantitative estimate of drug-likeness (QED) is 0.588. The maximum absolute atomic E-state index is 12.5. The first-order valence-electron chi connectivity index (χ1n) is 7.52. The summed E-state index contributed by atoms with van der Waals surface area (Å²) in [4.78, 5) is 35.3. The summed E-state index contributed by atoms with van der Waals surface area (Å²) in [5, 5.41) is 14.5. The number of carbonyl (C=O) groups excluding carboxylic acids is 2. The molecule has 0 unspecified atom stereocenters. The van der Waals surface area contributed by atoms with Crippen molar-refractivity contribution in [3.05, 3.63) is 63.2 Å². The van der Waals surface area contributed by atoms with E-state index in [0.717, 1.165) is 9.13 Å². The van der Waals surface area contributed by atoms with Crippen LogP contribution in [-0.2, 0) is 16.0 Å². The number of halogens is 1. The SMILES string of the molecule is CC(=O)Nc1ccccc1C(=O)N[C@H](Cc1ccccc1I)C(=O)O. The Hall–Kier alpha value is -2.42. The Morgan fingerprint density at radius 2 is 1.72 bits per heavy atom. The van der Waals surface area contributed by atoms with E-state index in [1.807, 2.05) is 24.3 Å². The molecule has 0 aliphatic rings. The fourth-order valence-corrected chi connectivity index (χ4v) is 2.91. The zero-order chi connectivity index (χ0) is 18.4. The standard InChI is InChI=1S/C18H17IN2O4/c1-11(22)20-15-9-5-3-7-13(15)17(23)21-16(18(24)25)10-12-6-2-4-8-14(12)19/h2-9,16H,10H2,1H3,(H,20,22)(H,21,23)(H,24,25)/t16-/m1/s1. The normalized spacial score (nSPS) is 11.4. The number of amides is 2. The molecular formula is C18H17IN2O4. The minimum Gasteiger partial charge on any atom is -0.480 e. The van der Waals surface area contributed by atoms with Crippen LogP contribution in [0.5, 0.6) is 0 Å². The second kappa shape index (κ2) is 8.61. The molecule has 0 saturated heterocycles. The smallest absolute Gasteiger partial charge is 0.326 e. The Bertz CT molecular complexity index is 807. The summed E-state index contributed by atoms with van der Waals surface area (Å²) in [6.45, 7) is 1.34. The Morgan fingerprint density at radius 3 is 2.36 bits per heavy atom. The molecule has 130 valence electrons. The van der Waals surface area contributed by atoms with Gasteiger partial charge in [-0.2, -0.15) is 0 Å². The van der Waals surface area contributed by atoms with Crippen molar-refractivity contribution in [3.8, 4) is 0 Å². The zero-order valence-corrected chi connectivity index (χ0v) is 15.6. The van der Waals surface area contributed by atoms with E-state index in [0.29, 0.717) is 5.69 Å². The first kappa shape index (κ1) is 18.9. The van der Waals surface area contributed by atoms with Gasteiger partial charge in [0.25, 0.3) is 5.91 Å². The van der Waals surface area contributed by atoms with Crippen molar-refractivity contribution in [2.75, 3.05) is 5.32 Å². The third-order valence-electron chi connectivity index (χ3n) is 3.47. The van der Waals surface area contributed by atoms with Crippen LogP contribution in [-0.4, -0.2) is 28.9 Å². The molecule has 6 nitrogen and oxygen atoms in total. The Balaban J connectivity index is 2.20. The molecule has 7 heteroatoms. The average molecular weight is 452 g/mol. The van der Waals surface area contributed by atoms with Gasteiger partial charge in [-0.15, -0.1) is 0 Å². The van der Waals surface area contributed by atoms with Crippen molar-refractivity contribution in [3.63, 3.8) is 0 Å². The van der Waals surface area contributed by atoms with Gasteiger partial charge in [-0.25, -0.2) is 4.79 Å². The van der Waals surface area contributed by atoms with Crippen molar-refractivity contribution in [1.82, 2.24) is 5.32 Å². The lowest BCUT2D eigenvalue weighted by Crippen LogP contribution is -2.42. The summed E-state index contributed by atoms with van der Waals surface area (Å²) in [5.41, 5.74) is 1.39. The molecule has 2 rings (SSSR count). The average Bonchev–Trinajstić information content (AvgIpc) is 2.55. The predicted molar refractivity (Wildman–Crippen MR) is 102 cm³/mol. The molecule has 25 heavy (non-hydrogen) atoms. The van der Waals surface area contributed by atoms with Crippen molar-refractivity contribution < 1.29 is 19.5 Å². The van der Waals surface area contributed by atoms with Gasteiger partial charge in [-0.05, 0) is 46.4 Å². The van der Waals surface area contributed by atoms with E-state index in [9.17, 15) is 19.5 Å². The third-order valence-corrected chi connectivity index (χ3v) is 4.52. The molecular weight excluding hydrogens is 435 g/mol. The van der Waals surface area contributed by atoms with Gasteiger partial charge in [0.2, 0.25) is 5.91 Å². The first-order valence-corrected chi connectivity index (χ1v) is 8.60. The highest BCUT2D eigenvalue weighted by molar-refractivity contribution is 14.1.